The van der Waals surface area contributed by atoms with Crippen molar-refractivity contribution in [1.82, 2.24) is 14.5 Å². The van der Waals surface area contributed by atoms with Gasteiger partial charge in [-0.05, 0) is 37.1 Å². The van der Waals surface area contributed by atoms with Crippen LogP contribution in [0, 0.1) is 5.92 Å². The molecule has 2 aromatic rings. The van der Waals surface area contributed by atoms with Gasteiger partial charge in [-0.3, -0.25) is 14.9 Å². The van der Waals surface area contributed by atoms with Crippen LogP contribution in [0.5, 0.6) is 0 Å². The van der Waals surface area contributed by atoms with Gasteiger partial charge in [0.15, 0.2) is 0 Å². The zero-order valence-corrected chi connectivity index (χ0v) is 17.2. The largest absolute Gasteiger partial charge is 0.469 e. The van der Waals surface area contributed by atoms with E-state index in [0.717, 1.165) is 11.3 Å². The van der Waals surface area contributed by atoms with Crippen molar-refractivity contribution in [2.75, 3.05) is 25.5 Å². The lowest BCUT2D eigenvalue weighted by Gasteiger charge is -2.28. The van der Waals surface area contributed by atoms with Crippen molar-refractivity contribution < 1.29 is 22.7 Å². The zero-order chi connectivity index (χ0) is 20.3. The number of sulfonamides is 1. The van der Waals surface area contributed by atoms with Crippen LogP contribution in [0.1, 0.15) is 23.2 Å². The molecule has 0 saturated carbocycles. The van der Waals surface area contributed by atoms with Crippen molar-refractivity contribution in [3.63, 3.8) is 0 Å². The van der Waals surface area contributed by atoms with Crippen molar-refractivity contribution in [1.29, 1.82) is 0 Å². The van der Waals surface area contributed by atoms with Crippen LogP contribution in [0.3, 0.4) is 0 Å². The summed E-state index contributed by atoms with van der Waals surface area (Å²) in [6, 6.07) is 6.23. The summed E-state index contributed by atoms with van der Waals surface area (Å²) in [4.78, 5) is 23.8. The molecule has 3 rings (SSSR count). The Morgan fingerprint density at radius 3 is 2.46 bits per heavy atom. The molecular formula is C16H17ClN4O5S2. The number of amides is 1. The predicted molar refractivity (Wildman–Crippen MR) is 103 cm³/mol. The molecule has 0 unspecified atom stereocenters. The lowest BCUT2D eigenvalue weighted by Crippen LogP contribution is -2.40. The Labute approximate surface area is 170 Å². The number of nitrogens with one attached hydrogen (secondary N) is 1. The third-order valence-electron chi connectivity index (χ3n) is 4.28. The molecular weight excluding hydrogens is 428 g/mol. The third-order valence-corrected chi connectivity index (χ3v) is 7.62. The lowest BCUT2D eigenvalue weighted by molar-refractivity contribution is -0.146. The van der Waals surface area contributed by atoms with Gasteiger partial charge in [0, 0.05) is 23.7 Å². The number of anilines is 1. The van der Waals surface area contributed by atoms with E-state index in [1.165, 1.54) is 11.4 Å². The average molecular weight is 445 g/mol. The first-order valence-corrected chi connectivity index (χ1v) is 10.9. The van der Waals surface area contributed by atoms with E-state index in [1.54, 1.807) is 24.3 Å². The summed E-state index contributed by atoms with van der Waals surface area (Å²) in [6.45, 7) is 0.377. The molecule has 2 heterocycles. The topological polar surface area (TPSA) is 119 Å². The van der Waals surface area contributed by atoms with Crippen LogP contribution >= 0.6 is 22.9 Å². The third kappa shape index (κ3) is 4.49. The summed E-state index contributed by atoms with van der Waals surface area (Å²) in [5.41, 5.74) is 0.355. The molecule has 0 atom stereocenters. The maximum atomic E-state index is 12.7. The molecule has 1 aliphatic rings. The number of halogens is 1. The molecule has 1 aromatic carbocycles. The number of rotatable bonds is 5. The van der Waals surface area contributed by atoms with Gasteiger partial charge in [0.2, 0.25) is 9.47 Å². The molecule has 150 valence electrons. The standard InChI is InChI=1S/C16H17ClN4O5S2/c1-26-14(23)11-6-8-21(9-7-11)28(24,25)16-20-19-15(27-16)18-13(22)10-2-4-12(17)5-3-10/h2-5,11H,6-9H2,1H3,(H,18,19,22). The minimum Gasteiger partial charge on any atom is -0.469 e. The molecule has 1 amide bonds. The van der Waals surface area contributed by atoms with Gasteiger partial charge in [0.05, 0.1) is 13.0 Å². The molecule has 0 spiro atoms. The SMILES string of the molecule is COC(=O)C1CCN(S(=O)(=O)c2nnc(NC(=O)c3ccc(Cl)cc3)s2)CC1. The minimum absolute atomic E-state index is 0.0722. The van der Waals surface area contributed by atoms with Gasteiger partial charge in [-0.2, -0.15) is 4.31 Å². The Morgan fingerprint density at radius 1 is 1.21 bits per heavy atom. The van der Waals surface area contributed by atoms with E-state index in [9.17, 15) is 18.0 Å². The molecule has 0 bridgehead atoms. The van der Waals surface area contributed by atoms with Crippen molar-refractivity contribution in [3.8, 4) is 0 Å². The molecule has 12 heteroatoms. The second-order valence-electron chi connectivity index (χ2n) is 6.04. The summed E-state index contributed by atoms with van der Waals surface area (Å²) in [7, 11) is -2.53. The van der Waals surface area contributed by atoms with Crippen molar-refractivity contribution >= 4 is 50.0 Å². The molecule has 0 radical (unpaired) electrons. The normalized spacial score (nSPS) is 15.9. The fourth-order valence-electron chi connectivity index (χ4n) is 2.74. The van der Waals surface area contributed by atoms with Crippen LogP contribution in [-0.2, 0) is 19.6 Å². The first-order valence-electron chi connectivity index (χ1n) is 8.29. The van der Waals surface area contributed by atoms with Gasteiger partial charge in [0.1, 0.15) is 0 Å². The molecule has 1 saturated heterocycles. The van der Waals surface area contributed by atoms with Crippen molar-refractivity contribution in [2.45, 2.75) is 17.2 Å². The quantitative estimate of drug-likeness (QED) is 0.553. The molecule has 0 aliphatic carbocycles. The van der Waals surface area contributed by atoms with Crippen LogP contribution < -0.4 is 5.32 Å². The molecule has 1 aliphatic heterocycles. The zero-order valence-electron chi connectivity index (χ0n) is 14.8. The van der Waals surface area contributed by atoms with E-state index >= 15 is 0 Å². The summed E-state index contributed by atoms with van der Waals surface area (Å²) in [5.74, 6) is -1.09. The van der Waals surface area contributed by atoms with Gasteiger partial charge < -0.3 is 4.74 Å². The Kier molecular flexibility index (Phi) is 6.28. The first kappa shape index (κ1) is 20.6. The number of aromatic nitrogens is 2. The van der Waals surface area contributed by atoms with E-state index in [-0.39, 0.29) is 34.4 Å². The Bertz CT molecular complexity index is 969. The summed E-state index contributed by atoms with van der Waals surface area (Å²) >= 11 is 6.56. The van der Waals surface area contributed by atoms with Crippen LogP contribution in [-0.4, -0.2) is 55.0 Å². The number of piperidine rings is 1. The number of hydrogen-bond donors (Lipinski definition) is 1. The monoisotopic (exact) mass is 444 g/mol. The maximum Gasteiger partial charge on any atom is 0.308 e. The summed E-state index contributed by atoms with van der Waals surface area (Å²) in [5, 5.41) is 10.5. The van der Waals surface area contributed by atoms with Crippen molar-refractivity contribution in [2.24, 2.45) is 5.92 Å². The molecule has 28 heavy (non-hydrogen) atoms. The van der Waals surface area contributed by atoms with Crippen LogP contribution in [0.2, 0.25) is 5.02 Å². The van der Waals surface area contributed by atoms with E-state index in [2.05, 4.69) is 15.5 Å². The fraction of sp³-hybridized carbons (Fsp3) is 0.375. The van der Waals surface area contributed by atoms with Gasteiger partial charge >= 0.3 is 5.97 Å². The highest BCUT2D eigenvalue weighted by atomic mass is 35.5. The van der Waals surface area contributed by atoms with Crippen molar-refractivity contribution in [3.05, 3.63) is 34.9 Å². The molecule has 1 fully saturated rings. The number of methoxy groups -OCH3 is 1. The van der Waals surface area contributed by atoms with Crippen LogP contribution in [0.4, 0.5) is 5.13 Å². The molecule has 1 aromatic heterocycles. The minimum atomic E-state index is -3.85. The average Bonchev–Trinajstić information content (AvgIpc) is 3.17. The Balaban J connectivity index is 1.66. The highest BCUT2D eigenvalue weighted by molar-refractivity contribution is 7.91. The fourth-order valence-corrected chi connectivity index (χ4v) is 5.37. The number of carbonyl (C=O) groups is 2. The number of nitrogens with zero attached hydrogens (tertiary/aromatic N) is 3. The van der Waals surface area contributed by atoms with Gasteiger partial charge in [0.25, 0.3) is 15.9 Å². The van der Waals surface area contributed by atoms with Crippen LogP contribution in [0.15, 0.2) is 28.6 Å². The van der Waals surface area contributed by atoms with Gasteiger partial charge in [-0.1, -0.05) is 22.9 Å². The second kappa shape index (κ2) is 8.52. The second-order valence-corrected chi connectivity index (χ2v) is 9.56. The lowest BCUT2D eigenvalue weighted by atomic mass is 9.99. The highest BCUT2D eigenvalue weighted by Crippen LogP contribution is 2.28. The highest BCUT2D eigenvalue weighted by Gasteiger charge is 2.34. The Morgan fingerprint density at radius 2 is 1.86 bits per heavy atom. The van der Waals surface area contributed by atoms with Gasteiger partial charge in [-0.25, -0.2) is 8.42 Å². The first-order chi connectivity index (χ1) is 13.3. The number of esters is 1. The van der Waals surface area contributed by atoms with E-state index in [1.807, 2.05) is 0 Å². The number of ether oxygens (including phenoxy) is 1. The predicted octanol–water partition coefficient (Wildman–Crippen LogP) is 2.02. The van der Waals surface area contributed by atoms with Gasteiger partial charge in [-0.15, -0.1) is 10.2 Å². The molecule has 9 nitrogen and oxygen atoms in total. The summed E-state index contributed by atoms with van der Waals surface area (Å²) in [6.07, 6.45) is 0.760. The maximum absolute atomic E-state index is 12.7. The number of carbonyl (C=O) groups excluding carboxylic acids is 2. The number of hydrogen-bond acceptors (Lipinski definition) is 8. The number of benzene rings is 1. The van der Waals surface area contributed by atoms with E-state index in [4.69, 9.17) is 16.3 Å². The van der Waals surface area contributed by atoms with Crippen LogP contribution in [0.25, 0.3) is 0 Å². The molecule has 1 N–H and O–H groups in total. The van der Waals surface area contributed by atoms with E-state index < -0.39 is 15.9 Å². The smallest absolute Gasteiger partial charge is 0.308 e. The van der Waals surface area contributed by atoms with E-state index in [0.29, 0.717) is 23.4 Å². The summed E-state index contributed by atoms with van der Waals surface area (Å²) < 4.78 is 31.2. The Hall–Kier alpha value is -2.08.